The van der Waals surface area contributed by atoms with Gasteiger partial charge in [-0.05, 0) is 51.4 Å². The van der Waals surface area contributed by atoms with Crippen molar-refractivity contribution in [3.8, 4) is 0 Å². The molecule has 8 heteroatoms. The van der Waals surface area contributed by atoms with Crippen LogP contribution in [-0.2, 0) is 9.59 Å². The van der Waals surface area contributed by atoms with Gasteiger partial charge < -0.3 is 16.4 Å². The number of carbonyl (C=O) groups excluding carboxylic acids is 3. The van der Waals surface area contributed by atoms with Crippen LogP contribution in [0.15, 0.2) is 0 Å². The summed E-state index contributed by atoms with van der Waals surface area (Å²) in [7, 11) is 0. The molecule has 1 atom stereocenters. The zero-order valence-corrected chi connectivity index (χ0v) is 14.2. The first-order valence-corrected chi connectivity index (χ1v) is 8.09. The molecule has 1 aliphatic heterocycles. The fraction of sp³-hybridized carbons (Fsp3) is 0.800. The number of nitrogens with zero attached hydrogens (tertiary/aromatic N) is 1. The van der Waals surface area contributed by atoms with Crippen molar-refractivity contribution in [2.45, 2.75) is 63.1 Å². The summed E-state index contributed by atoms with van der Waals surface area (Å²) < 4.78 is 0. The molecule has 1 heterocycles. The van der Waals surface area contributed by atoms with Gasteiger partial charge in [-0.2, -0.15) is 0 Å². The number of nitrogens with two attached hydrogens (primary N) is 1. The topological polar surface area (TPSA) is 105 Å². The number of hydrogen-bond acceptors (Lipinski definition) is 4. The zero-order valence-electron chi connectivity index (χ0n) is 13.3. The molecule has 2 saturated carbocycles. The number of hydrogen-bond donors (Lipinski definition) is 3. The van der Waals surface area contributed by atoms with Crippen LogP contribution in [-0.4, -0.2) is 46.9 Å². The Kier molecular flexibility index (Phi) is 5.20. The minimum Gasteiger partial charge on any atom is -0.352 e. The van der Waals surface area contributed by atoms with Gasteiger partial charge in [0, 0.05) is 12.1 Å². The van der Waals surface area contributed by atoms with Crippen LogP contribution >= 0.6 is 12.4 Å². The minimum absolute atomic E-state index is 0. The van der Waals surface area contributed by atoms with E-state index >= 15 is 0 Å². The van der Waals surface area contributed by atoms with E-state index in [4.69, 9.17) is 5.73 Å². The molecule has 0 bridgehead atoms. The van der Waals surface area contributed by atoms with E-state index in [1.807, 2.05) is 0 Å². The second-order valence-corrected chi connectivity index (χ2v) is 6.98. The summed E-state index contributed by atoms with van der Waals surface area (Å²) in [4.78, 5) is 37.6. The number of nitrogens with one attached hydrogen (secondary N) is 2. The van der Waals surface area contributed by atoms with Crippen LogP contribution in [0.25, 0.3) is 0 Å². The maximum absolute atomic E-state index is 12.4. The molecule has 0 aromatic carbocycles. The maximum atomic E-state index is 12.4. The fourth-order valence-corrected chi connectivity index (χ4v) is 3.48. The molecule has 1 saturated heterocycles. The SMILES string of the molecule is CC1(C2CC2)NC(=O)N(CC(=O)NC2CCC(N)CC2)C1=O.Cl. The quantitative estimate of drug-likeness (QED) is 0.646. The van der Waals surface area contributed by atoms with Gasteiger partial charge in [0.15, 0.2) is 0 Å². The lowest BCUT2D eigenvalue weighted by Crippen LogP contribution is -2.48. The van der Waals surface area contributed by atoms with E-state index in [2.05, 4.69) is 10.6 Å². The van der Waals surface area contributed by atoms with Crippen molar-refractivity contribution >= 4 is 30.3 Å². The van der Waals surface area contributed by atoms with Gasteiger partial charge in [-0.1, -0.05) is 0 Å². The van der Waals surface area contributed by atoms with Crippen LogP contribution in [0.1, 0.15) is 45.4 Å². The first-order chi connectivity index (χ1) is 10.4. The summed E-state index contributed by atoms with van der Waals surface area (Å²) in [6.45, 7) is 1.56. The van der Waals surface area contributed by atoms with E-state index < -0.39 is 11.6 Å². The lowest BCUT2D eigenvalue weighted by Gasteiger charge is -2.27. The lowest BCUT2D eigenvalue weighted by atomic mass is 9.92. The van der Waals surface area contributed by atoms with Crippen molar-refractivity contribution in [3.05, 3.63) is 0 Å². The molecule has 0 aromatic heterocycles. The van der Waals surface area contributed by atoms with E-state index in [0.29, 0.717) is 0 Å². The van der Waals surface area contributed by atoms with Crippen molar-refractivity contribution in [1.29, 1.82) is 0 Å². The average Bonchev–Trinajstić information content (AvgIpc) is 3.28. The first kappa shape index (κ1) is 18.0. The Bertz CT molecular complexity index is 503. The maximum Gasteiger partial charge on any atom is 0.325 e. The third kappa shape index (κ3) is 3.61. The summed E-state index contributed by atoms with van der Waals surface area (Å²) >= 11 is 0. The summed E-state index contributed by atoms with van der Waals surface area (Å²) in [5.41, 5.74) is 5.02. The first-order valence-electron chi connectivity index (χ1n) is 8.09. The van der Waals surface area contributed by atoms with Crippen LogP contribution in [0.3, 0.4) is 0 Å². The van der Waals surface area contributed by atoms with Crippen LogP contribution in [0, 0.1) is 5.92 Å². The Morgan fingerprint density at radius 1 is 1.26 bits per heavy atom. The minimum atomic E-state index is -0.824. The van der Waals surface area contributed by atoms with Crippen LogP contribution in [0.5, 0.6) is 0 Å². The monoisotopic (exact) mass is 344 g/mol. The molecule has 0 radical (unpaired) electrons. The molecule has 0 aromatic rings. The van der Waals surface area contributed by atoms with Gasteiger partial charge in [0.05, 0.1) is 0 Å². The molecule has 4 amide bonds. The summed E-state index contributed by atoms with van der Waals surface area (Å²) in [5.74, 6) is -0.346. The summed E-state index contributed by atoms with van der Waals surface area (Å²) in [5, 5.41) is 5.66. The van der Waals surface area contributed by atoms with Gasteiger partial charge in [-0.25, -0.2) is 4.79 Å². The van der Waals surface area contributed by atoms with Gasteiger partial charge in [0.1, 0.15) is 12.1 Å². The highest BCUT2D eigenvalue weighted by Crippen LogP contribution is 2.42. The highest BCUT2D eigenvalue weighted by molar-refractivity contribution is 6.09. The fourth-order valence-electron chi connectivity index (χ4n) is 3.48. The Morgan fingerprint density at radius 3 is 2.43 bits per heavy atom. The van der Waals surface area contributed by atoms with Gasteiger partial charge >= 0.3 is 6.03 Å². The molecule has 3 rings (SSSR count). The molecule has 7 nitrogen and oxygen atoms in total. The van der Waals surface area contributed by atoms with E-state index in [1.54, 1.807) is 6.92 Å². The van der Waals surface area contributed by atoms with Crippen molar-refractivity contribution in [2.24, 2.45) is 11.7 Å². The van der Waals surface area contributed by atoms with Crippen LogP contribution < -0.4 is 16.4 Å². The number of rotatable bonds is 4. The third-order valence-electron chi connectivity index (χ3n) is 5.13. The lowest BCUT2D eigenvalue weighted by molar-refractivity contribution is -0.135. The zero-order chi connectivity index (χ0) is 15.9. The second kappa shape index (κ2) is 6.65. The van der Waals surface area contributed by atoms with Gasteiger partial charge in [0.25, 0.3) is 5.91 Å². The number of carbonyl (C=O) groups is 3. The van der Waals surface area contributed by atoms with E-state index in [9.17, 15) is 14.4 Å². The Balaban J connectivity index is 0.00000192. The summed E-state index contributed by atoms with van der Waals surface area (Å²) in [6.07, 6.45) is 5.40. The van der Waals surface area contributed by atoms with Crippen molar-refractivity contribution < 1.29 is 14.4 Å². The third-order valence-corrected chi connectivity index (χ3v) is 5.13. The largest absolute Gasteiger partial charge is 0.352 e. The molecule has 23 heavy (non-hydrogen) atoms. The highest BCUT2D eigenvalue weighted by Gasteiger charge is 2.56. The Morgan fingerprint density at radius 2 is 1.87 bits per heavy atom. The molecule has 3 fully saturated rings. The normalized spacial score (nSPS) is 33.9. The van der Waals surface area contributed by atoms with Gasteiger partial charge in [0.2, 0.25) is 5.91 Å². The van der Waals surface area contributed by atoms with E-state index in [-0.39, 0.29) is 48.8 Å². The van der Waals surface area contributed by atoms with E-state index in [1.165, 1.54) is 0 Å². The number of imide groups is 1. The average molecular weight is 345 g/mol. The highest BCUT2D eigenvalue weighted by atomic mass is 35.5. The molecule has 130 valence electrons. The number of halogens is 1. The van der Waals surface area contributed by atoms with Crippen molar-refractivity contribution in [3.63, 3.8) is 0 Å². The molecule has 4 N–H and O–H groups in total. The smallest absolute Gasteiger partial charge is 0.325 e. The molecule has 0 spiro atoms. The molecule has 2 aliphatic carbocycles. The molecular formula is C15H25ClN4O3. The summed E-state index contributed by atoms with van der Waals surface area (Å²) in [6, 6.07) is -0.138. The van der Waals surface area contributed by atoms with E-state index in [0.717, 1.165) is 43.4 Å². The predicted molar refractivity (Wildman–Crippen MR) is 87.0 cm³/mol. The second-order valence-electron chi connectivity index (χ2n) is 6.98. The van der Waals surface area contributed by atoms with Gasteiger partial charge in [-0.3, -0.25) is 14.5 Å². The predicted octanol–water partition coefficient (Wildman–Crippen LogP) is 0.515. The Labute approximate surface area is 142 Å². The van der Waals surface area contributed by atoms with Crippen molar-refractivity contribution in [1.82, 2.24) is 15.5 Å². The molecule has 1 unspecified atom stereocenters. The standard InChI is InChI=1S/C15H24N4O3.ClH/c1-15(9-2-3-9)13(21)19(14(22)18-15)8-12(20)17-11-6-4-10(16)5-7-11;/h9-11H,2-8,16H2,1H3,(H,17,20)(H,18,22);1H. The van der Waals surface area contributed by atoms with Crippen molar-refractivity contribution in [2.75, 3.05) is 6.54 Å². The number of urea groups is 1. The van der Waals surface area contributed by atoms with Crippen LogP contribution in [0.4, 0.5) is 4.79 Å². The van der Waals surface area contributed by atoms with Gasteiger partial charge in [-0.15, -0.1) is 12.4 Å². The van der Waals surface area contributed by atoms with Crippen LogP contribution in [0.2, 0.25) is 0 Å². The molecular weight excluding hydrogens is 320 g/mol. The Hall–Kier alpha value is -1.34. The molecule has 3 aliphatic rings. The number of amides is 4.